The lowest BCUT2D eigenvalue weighted by Gasteiger charge is -2.08. The van der Waals surface area contributed by atoms with E-state index in [1.54, 1.807) is 0 Å². The first-order valence-corrected chi connectivity index (χ1v) is 6.29. The molecule has 0 aliphatic heterocycles. The Morgan fingerprint density at radius 1 is 1.44 bits per heavy atom. The predicted molar refractivity (Wildman–Crippen MR) is 72.7 cm³/mol. The van der Waals surface area contributed by atoms with Gasteiger partial charge in [-0.25, -0.2) is 4.98 Å². The predicted octanol–water partition coefficient (Wildman–Crippen LogP) is 2.27. The molecule has 0 fully saturated rings. The summed E-state index contributed by atoms with van der Waals surface area (Å²) in [5.41, 5.74) is 2.61. The molecule has 0 saturated carbocycles. The summed E-state index contributed by atoms with van der Waals surface area (Å²) in [6.07, 6.45) is 0.888. The first-order chi connectivity index (χ1) is 8.52. The molecule has 4 heteroatoms. The summed E-state index contributed by atoms with van der Waals surface area (Å²) in [6, 6.07) is 5.80. The van der Waals surface area contributed by atoms with Crippen LogP contribution in [0, 0.1) is 0 Å². The van der Waals surface area contributed by atoms with Crippen molar-refractivity contribution < 1.29 is 4.79 Å². The third-order valence-corrected chi connectivity index (χ3v) is 2.97. The summed E-state index contributed by atoms with van der Waals surface area (Å²) in [5.74, 6) is 0.988. The molecule has 1 amide bonds. The van der Waals surface area contributed by atoms with Gasteiger partial charge in [-0.15, -0.1) is 0 Å². The topological polar surface area (TPSA) is 46.9 Å². The van der Waals surface area contributed by atoms with Crippen LogP contribution in [0.15, 0.2) is 18.2 Å². The second kappa shape index (κ2) is 4.80. The minimum Gasteiger partial charge on any atom is -0.350 e. The normalized spacial score (nSPS) is 11.2. The van der Waals surface area contributed by atoms with Crippen LogP contribution in [-0.2, 0) is 13.5 Å². The van der Waals surface area contributed by atoms with E-state index in [0.717, 1.165) is 23.3 Å². The number of nitrogens with one attached hydrogen (secondary N) is 1. The molecular formula is C14H19N3O. The number of nitrogens with zero attached hydrogens (tertiary/aromatic N) is 2. The molecule has 1 aromatic heterocycles. The SMILES string of the molecule is CCc1nc2cc(C(=O)NC(C)C)ccc2n1C. The molecule has 18 heavy (non-hydrogen) atoms. The molecule has 2 aromatic rings. The highest BCUT2D eigenvalue weighted by molar-refractivity contribution is 5.97. The minimum absolute atomic E-state index is 0.0457. The maximum Gasteiger partial charge on any atom is 0.251 e. The van der Waals surface area contributed by atoms with Gasteiger partial charge in [0.05, 0.1) is 11.0 Å². The molecule has 1 aromatic carbocycles. The Hall–Kier alpha value is -1.84. The fraction of sp³-hybridized carbons (Fsp3) is 0.429. The van der Waals surface area contributed by atoms with E-state index >= 15 is 0 Å². The van der Waals surface area contributed by atoms with Crippen molar-refractivity contribution in [2.75, 3.05) is 0 Å². The van der Waals surface area contributed by atoms with Crippen molar-refractivity contribution in [3.05, 3.63) is 29.6 Å². The molecule has 0 bridgehead atoms. The third kappa shape index (κ3) is 2.23. The lowest BCUT2D eigenvalue weighted by Crippen LogP contribution is -2.29. The highest BCUT2D eigenvalue weighted by atomic mass is 16.1. The number of aromatic nitrogens is 2. The summed E-state index contributed by atoms with van der Waals surface area (Å²) < 4.78 is 2.07. The molecule has 0 unspecified atom stereocenters. The number of hydrogen-bond acceptors (Lipinski definition) is 2. The van der Waals surface area contributed by atoms with E-state index in [1.165, 1.54) is 0 Å². The molecule has 96 valence electrons. The number of imidazole rings is 1. The van der Waals surface area contributed by atoms with Crippen molar-refractivity contribution in [1.82, 2.24) is 14.9 Å². The van der Waals surface area contributed by atoms with E-state index in [4.69, 9.17) is 0 Å². The van der Waals surface area contributed by atoms with E-state index in [2.05, 4.69) is 21.8 Å². The molecule has 0 radical (unpaired) electrons. The average molecular weight is 245 g/mol. The van der Waals surface area contributed by atoms with Crippen LogP contribution in [0.1, 0.15) is 37.0 Å². The molecule has 1 heterocycles. The fourth-order valence-corrected chi connectivity index (χ4v) is 2.05. The van der Waals surface area contributed by atoms with Crippen molar-refractivity contribution in [2.24, 2.45) is 7.05 Å². The zero-order valence-electron chi connectivity index (χ0n) is 11.3. The zero-order chi connectivity index (χ0) is 13.3. The minimum atomic E-state index is -0.0457. The third-order valence-electron chi connectivity index (χ3n) is 2.97. The highest BCUT2D eigenvalue weighted by Gasteiger charge is 2.11. The first-order valence-electron chi connectivity index (χ1n) is 6.29. The molecule has 0 saturated heterocycles. The van der Waals surface area contributed by atoms with E-state index in [9.17, 15) is 4.79 Å². The summed E-state index contributed by atoms with van der Waals surface area (Å²) in [7, 11) is 2.00. The number of rotatable bonds is 3. The average Bonchev–Trinajstić information content (AvgIpc) is 2.64. The standard InChI is InChI=1S/C14H19N3O/c1-5-13-16-11-8-10(14(18)15-9(2)3)6-7-12(11)17(13)4/h6-9H,5H2,1-4H3,(H,15,18). The smallest absolute Gasteiger partial charge is 0.251 e. The van der Waals surface area contributed by atoms with Crippen LogP contribution >= 0.6 is 0 Å². The molecular weight excluding hydrogens is 226 g/mol. The number of carbonyl (C=O) groups is 1. The van der Waals surface area contributed by atoms with Gasteiger partial charge < -0.3 is 9.88 Å². The molecule has 0 spiro atoms. The number of fused-ring (bicyclic) bond motifs is 1. The van der Waals surface area contributed by atoms with Gasteiger partial charge in [0.25, 0.3) is 5.91 Å². The van der Waals surface area contributed by atoms with Gasteiger partial charge in [-0.1, -0.05) is 6.92 Å². The Labute approximate surface area is 107 Å². The van der Waals surface area contributed by atoms with Crippen LogP contribution in [0.4, 0.5) is 0 Å². The largest absolute Gasteiger partial charge is 0.350 e. The van der Waals surface area contributed by atoms with Gasteiger partial charge in [0.2, 0.25) is 0 Å². The molecule has 0 atom stereocenters. The summed E-state index contributed by atoms with van der Waals surface area (Å²) >= 11 is 0. The van der Waals surface area contributed by atoms with Gasteiger partial charge >= 0.3 is 0 Å². The first kappa shape index (κ1) is 12.6. The second-order valence-electron chi connectivity index (χ2n) is 4.77. The Morgan fingerprint density at radius 2 is 2.17 bits per heavy atom. The van der Waals surface area contributed by atoms with Crippen molar-refractivity contribution in [2.45, 2.75) is 33.2 Å². The molecule has 0 aliphatic carbocycles. The van der Waals surface area contributed by atoms with Crippen molar-refractivity contribution in [1.29, 1.82) is 0 Å². The molecule has 4 nitrogen and oxygen atoms in total. The van der Waals surface area contributed by atoms with Gasteiger partial charge in [-0.2, -0.15) is 0 Å². The van der Waals surface area contributed by atoms with Gasteiger partial charge in [0.1, 0.15) is 5.82 Å². The van der Waals surface area contributed by atoms with E-state index in [0.29, 0.717) is 5.56 Å². The summed E-state index contributed by atoms with van der Waals surface area (Å²) in [4.78, 5) is 16.5. The second-order valence-corrected chi connectivity index (χ2v) is 4.77. The van der Waals surface area contributed by atoms with Crippen molar-refractivity contribution in [3.8, 4) is 0 Å². The van der Waals surface area contributed by atoms with E-state index < -0.39 is 0 Å². The van der Waals surface area contributed by atoms with Gasteiger partial charge in [0, 0.05) is 25.1 Å². The van der Waals surface area contributed by atoms with Crippen LogP contribution < -0.4 is 5.32 Å². The lowest BCUT2D eigenvalue weighted by atomic mass is 10.2. The monoisotopic (exact) mass is 245 g/mol. The number of amides is 1. The van der Waals surface area contributed by atoms with Crippen LogP contribution in [0.2, 0.25) is 0 Å². The zero-order valence-corrected chi connectivity index (χ0v) is 11.3. The van der Waals surface area contributed by atoms with Crippen LogP contribution in [0.3, 0.4) is 0 Å². The van der Waals surface area contributed by atoms with Crippen molar-refractivity contribution in [3.63, 3.8) is 0 Å². The maximum atomic E-state index is 11.9. The van der Waals surface area contributed by atoms with Crippen LogP contribution in [0.5, 0.6) is 0 Å². The number of aryl methyl sites for hydroxylation is 2. The Morgan fingerprint density at radius 3 is 2.78 bits per heavy atom. The fourth-order valence-electron chi connectivity index (χ4n) is 2.05. The molecule has 2 rings (SSSR count). The van der Waals surface area contributed by atoms with Crippen LogP contribution in [-0.4, -0.2) is 21.5 Å². The summed E-state index contributed by atoms with van der Waals surface area (Å²) in [6.45, 7) is 5.98. The quantitative estimate of drug-likeness (QED) is 0.901. The van der Waals surface area contributed by atoms with E-state index in [-0.39, 0.29) is 11.9 Å². The number of benzene rings is 1. The molecule has 1 N–H and O–H groups in total. The van der Waals surface area contributed by atoms with Crippen molar-refractivity contribution >= 4 is 16.9 Å². The van der Waals surface area contributed by atoms with Crippen LogP contribution in [0.25, 0.3) is 11.0 Å². The Bertz CT molecular complexity index is 584. The van der Waals surface area contributed by atoms with Gasteiger partial charge in [-0.3, -0.25) is 4.79 Å². The Kier molecular flexibility index (Phi) is 3.36. The maximum absolute atomic E-state index is 11.9. The highest BCUT2D eigenvalue weighted by Crippen LogP contribution is 2.17. The van der Waals surface area contributed by atoms with Gasteiger partial charge in [-0.05, 0) is 32.0 Å². The number of carbonyl (C=O) groups excluding carboxylic acids is 1. The van der Waals surface area contributed by atoms with Gasteiger partial charge in [0.15, 0.2) is 0 Å². The Balaban J connectivity index is 2.41. The summed E-state index contributed by atoms with van der Waals surface area (Å²) in [5, 5.41) is 2.89. The molecule has 0 aliphatic rings. The lowest BCUT2D eigenvalue weighted by molar-refractivity contribution is 0.0943. The number of hydrogen-bond donors (Lipinski definition) is 1. The van der Waals surface area contributed by atoms with E-state index in [1.807, 2.05) is 39.1 Å².